The third-order valence-corrected chi connectivity index (χ3v) is 7.01. The van der Waals surface area contributed by atoms with Crippen LogP contribution in [0.4, 0.5) is 28.0 Å². The first-order valence-electron chi connectivity index (χ1n) is 12.5. The fraction of sp³-hybridized carbons (Fsp3) is 0.133. The smallest absolute Gasteiger partial charge is 0.307 e. The number of anilines is 1. The Morgan fingerprint density at radius 2 is 1.62 bits per heavy atom. The van der Waals surface area contributed by atoms with Crippen molar-refractivity contribution < 1.29 is 22.4 Å². The second kappa shape index (κ2) is 9.71. The van der Waals surface area contributed by atoms with E-state index >= 15 is 0 Å². The summed E-state index contributed by atoms with van der Waals surface area (Å²) in [5, 5.41) is 7.25. The van der Waals surface area contributed by atoms with Crippen molar-refractivity contribution in [3.63, 3.8) is 0 Å². The molecule has 0 bridgehead atoms. The molecule has 40 heavy (non-hydrogen) atoms. The van der Waals surface area contributed by atoms with Gasteiger partial charge in [-0.25, -0.2) is 13.9 Å². The molecular weight excluding hydrogens is 522 g/mol. The van der Waals surface area contributed by atoms with E-state index in [1.165, 1.54) is 35.2 Å². The molecule has 10 heteroatoms. The number of carbonyl (C=O) groups is 1. The van der Waals surface area contributed by atoms with Gasteiger partial charge in [0, 0.05) is 11.8 Å². The summed E-state index contributed by atoms with van der Waals surface area (Å²) in [5.41, 5.74) is 2.16. The molecular formula is C30H23F4N5O. The third kappa shape index (κ3) is 4.41. The number of aryl methyl sites for hydroxylation is 1. The molecule has 0 radical (unpaired) electrons. The zero-order valence-electron chi connectivity index (χ0n) is 21.2. The second-order valence-electron chi connectivity index (χ2n) is 9.49. The van der Waals surface area contributed by atoms with Gasteiger partial charge in [0.1, 0.15) is 11.6 Å². The molecule has 5 aromatic rings. The molecule has 1 N–H and O–H groups in total. The van der Waals surface area contributed by atoms with Crippen LogP contribution in [0.1, 0.15) is 34.1 Å². The van der Waals surface area contributed by atoms with Crippen molar-refractivity contribution >= 4 is 11.7 Å². The molecule has 1 aliphatic heterocycles. The van der Waals surface area contributed by atoms with Crippen LogP contribution in [0.5, 0.6) is 0 Å². The van der Waals surface area contributed by atoms with Crippen molar-refractivity contribution in [1.82, 2.24) is 19.2 Å². The number of nitrogens with zero attached hydrogens (tertiary/aromatic N) is 4. The first kappa shape index (κ1) is 25.4. The Hall–Kier alpha value is -4.86. The molecule has 0 fully saturated rings. The van der Waals surface area contributed by atoms with E-state index in [2.05, 4.69) is 5.32 Å². The van der Waals surface area contributed by atoms with E-state index in [9.17, 15) is 22.4 Å². The highest BCUT2D eigenvalue weighted by atomic mass is 19.4. The van der Waals surface area contributed by atoms with Gasteiger partial charge in [-0.3, -0.25) is 0 Å². The average Bonchev–Trinajstić information content (AvgIpc) is 3.50. The number of fused-ring (bicyclic) bond motifs is 3. The van der Waals surface area contributed by atoms with Crippen molar-refractivity contribution in [3.05, 3.63) is 131 Å². The number of rotatable bonds is 3. The predicted octanol–water partition coefficient (Wildman–Crippen LogP) is 7.27. The van der Waals surface area contributed by atoms with Crippen molar-refractivity contribution in [2.45, 2.75) is 25.7 Å². The standard InChI is InChI=1S/C30H23F4N5O/c1-19-23-18-38(29(40)35-25-11-6-5-10-24(25)30(32,33)34)27(20-13-15-21(31)16-14-20)26-12-7-17-37(26)28(23)39(36-19)22-8-3-2-4-9-22/h2-17,27H,18H2,1H3,(H,35,40)/t27-/m0/s1. The lowest BCUT2D eigenvalue weighted by Crippen LogP contribution is -2.38. The molecule has 6 rings (SSSR count). The third-order valence-electron chi connectivity index (χ3n) is 7.01. The zero-order valence-corrected chi connectivity index (χ0v) is 21.2. The number of benzene rings is 3. The fourth-order valence-corrected chi connectivity index (χ4v) is 5.17. The number of aromatic nitrogens is 3. The maximum absolute atomic E-state index is 13.9. The molecule has 0 saturated heterocycles. The molecule has 1 atom stereocenters. The number of nitrogens with one attached hydrogen (secondary N) is 1. The summed E-state index contributed by atoms with van der Waals surface area (Å²) in [5.74, 6) is 0.267. The number of amides is 2. The molecule has 2 amide bonds. The molecule has 0 spiro atoms. The lowest BCUT2D eigenvalue weighted by molar-refractivity contribution is -0.136. The van der Waals surface area contributed by atoms with Crippen LogP contribution in [-0.4, -0.2) is 25.3 Å². The van der Waals surface area contributed by atoms with E-state index in [-0.39, 0.29) is 12.2 Å². The van der Waals surface area contributed by atoms with E-state index in [0.29, 0.717) is 22.8 Å². The van der Waals surface area contributed by atoms with Crippen LogP contribution in [0.15, 0.2) is 97.2 Å². The Morgan fingerprint density at radius 1 is 0.925 bits per heavy atom. The van der Waals surface area contributed by atoms with Crippen molar-refractivity contribution in [2.24, 2.45) is 0 Å². The summed E-state index contributed by atoms with van der Waals surface area (Å²) in [4.78, 5) is 15.4. The molecule has 3 heterocycles. The quantitative estimate of drug-likeness (QED) is 0.243. The number of alkyl halides is 3. The maximum Gasteiger partial charge on any atom is 0.418 e. The summed E-state index contributed by atoms with van der Waals surface area (Å²) >= 11 is 0. The first-order chi connectivity index (χ1) is 19.2. The van der Waals surface area contributed by atoms with Gasteiger partial charge in [-0.1, -0.05) is 42.5 Å². The van der Waals surface area contributed by atoms with Crippen molar-refractivity contribution in [2.75, 3.05) is 5.32 Å². The van der Waals surface area contributed by atoms with Gasteiger partial charge >= 0.3 is 12.2 Å². The van der Waals surface area contributed by atoms with Crippen LogP contribution in [-0.2, 0) is 12.7 Å². The Balaban J connectivity index is 1.52. The van der Waals surface area contributed by atoms with E-state index in [1.54, 1.807) is 16.8 Å². The van der Waals surface area contributed by atoms with E-state index in [1.807, 2.05) is 60.2 Å². The lowest BCUT2D eigenvalue weighted by Gasteiger charge is -2.31. The monoisotopic (exact) mass is 545 g/mol. The maximum atomic E-state index is 13.9. The van der Waals surface area contributed by atoms with Crippen LogP contribution in [0.25, 0.3) is 11.5 Å². The van der Waals surface area contributed by atoms with Crippen LogP contribution < -0.4 is 5.32 Å². The Morgan fingerprint density at radius 3 is 2.35 bits per heavy atom. The topological polar surface area (TPSA) is 55.1 Å². The highest BCUT2D eigenvalue weighted by molar-refractivity contribution is 5.91. The zero-order chi connectivity index (χ0) is 28.0. The molecule has 1 aliphatic rings. The molecule has 2 aromatic heterocycles. The highest BCUT2D eigenvalue weighted by Gasteiger charge is 2.38. The summed E-state index contributed by atoms with van der Waals surface area (Å²) in [7, 11) is 0. The van der Waals surface area contributed by atoms with Crippen molar-refractivity contribution in [1.29, 1.82) is 0 Å². The minimum Gasteiger partial charge on any atom is -0.307 e. The normalized spacial score (nSPS) is 14.8. The minimum absolute atomic E-state index is 0.0394. The van der Waals surface area contributed by atoms with Gasteiger partial charge in [0.2, 0.25) is 0 Å². The van der Waals surface area contributed by atoms with Crippen molar-refractivity contribution in [3.8, 4) is 11.5 Å². The van der Waals surface area contributed by atoms with E-state index in [0.717, 1.165) is 17.3 Å². The first-order valence-corrected chi connectivity index (χ1v) is 12.5. The average molecular weight is 546 g/mol. The number of hydrogen-bond acceptors (Lipinski definition) is 2. The molecule has 202 valence electrons. The number of urea groups is 1. The summed E-state index contributed by atoms with van der Waals surface area (Å²) < 4.78 is 58.8. The van der Waals surface area contributed by atoms with Gasteiger partial charge in [-0.15, -0.1) is 0 Å². The van der Waals surface area contributed by atoms with E-state index < -0.39 is 29.6 Å². The van der Waals surface area contributed by atoms with Crippen LogP contribution >= 0.6 is 0 Å². The van der Waals surface area contributed by atoms with E-state index in [4.69, 9.17) is 5.10 Å². The Kier molecular flexibility index (Phi) is 6.17. The van der Waals surface area contributed by atoms with Gasteiger partial charge in [-0.05, 0) is 61.0 Å². The summed E-state index contributed by atoms with van der Waals surface area (Å²) in [6.07, 6.45) is -2.81. The predicted molar refractivity (Wildman–Crippen MR) is 142 cm³/mol. The van der Waals surface area contributed by atoms with Gasteiger partial charge in [0.05, 0.1) is 40.9 Å². The SMILES string of the molecule is Cc1nn(-c2ccccc2)c2c1CN(C(=O)Nc1ccccc1C(F)(F)F)[C@@H](c1ccc(F)cc1)c1cccn1-2. The minimum atomic E-state index is -4.66. The largest absolute Gasteiger partial charge is 0.418 e. The molecule has 0 saturated carbocycles. The summed E-state index contributed by atoms with van der Waals surface area (Å²) in [6.45, 7) is 1.87. The van der Waals surface area contributed by atoms with Gasteiger partial charge in [-0.2, -0.15) is 18.3 Å². The number of halogens is 4. The van der Waals surface area contributed by atoms with Crippen LogP contribution in [0, 0.1) is 12.7 Å². The number of hydrogen-bond donors (Lipinski definition) is 1. The van der Waals surface area contributed by atoms with Gasteiger partial charge in [0.15, 0.2) is 0 Å². The number of para-hydroxylation sites is 2. The lowest BCUT2D eigenvalue weighted by atomic mass is 10.0. The summed E-state index contributed by atoms with van der Waals surface area (Å²) in [6, 6.07) is 22.3. The van der Waals surface area contributed by atoms with Crippen LogP contribution in [0.2, 0.25) is 0 Å². The van der Waals surface area contributed by atoms with Crippen LogP contribution in [0.3, 0.4) is 0 Å². The molecule has 3 aromatic carbocycles. The molecule has 0 aliphatic carbocycles. The van der Waals surface area contributed by atoms with Gasteiger partial charge < -0.3 is 14.8 Å². The van der Waals surface area contributed by atoms with Gasteiger partial charge in [0.25, 0.3) is 0 Å². The highest BCUT2D eigenvalue weighted by Crippen LogP contribution is 2.40. The number of carbonyl (C=O) groups excluding carboxylic acids is 1. The second-order valence-corrected chi connectivity index (χ2v) is 9.49. The Bertz CT molecular complexity index is 1690. The molecule has 6 nitrogen and oxygen atoms in total. The fourth-order valence-electron chi connectivity index (χ4n) is 5.17. The molecule has 0 unspecified atom stereocenters. The Labute approximate surface area is 227 Å².